The van der Waals surface area contributed by atoms with Crippen LogP contribution in [0, 0.1) is 0 Å². The molecular formula is C14H29N3O2. The van der Waals surface area contributed by atoms with E-state index in [4.69, 9.17) is 9.47 Å². The standard InChI is InChI=1S/C14H29N3O2/c1-2-16-8-11-19-14(13-16)12-15-4-3-5-17-6-9-18-10-7-17/h14-15H,2-13H2,1H3. The Balaban J connectivity index is 1.47. The molecular weight excluding hydrogens is 242 g/mol. The van der Waals surface area contributed by atoms with Gasteiger partial charge in [-0.15, -0.1) is 0 Å². The van der Waals surface area contributed by atoms with Crippen molar-refractivity contribution in [2.24, 2.45) is 0 Å². The monoisotopic (exact) mass is 271 g/mol. The van der Waals surface area contributed by atoms with E-state index < -0.39 is 0 Å². The molecule has 19 heavy (non-hydrogen) atoms. The molecule has 1 N–H and O–H groups in total. The van der Waals surface area contributed by atoms with Crippen LogP contribution in [-0.4, -0.2) is 88.1 Å². The second-order valence-electron chi connectivity index (χ2n) is 5.40. The predicted molar refractivity (Wildman–Crippen MR) is 76.6 cm³/mol. The van der Waals surface area contributed by atoms with Crippen molar-refractivity contribution in [1.82, 2.24) is 15.1 Å². The fraction of sp³-hybridized carbons (Fsp3) is 1.00. The first-order valence-electron chi connectivity index (χ1n) is 7.73. The molecule has 5 heteroatoms. The van der Waals surface area contributed by atoms with E-state index in [1.807, 2.05) is 0 Å². The van der Waals surface area contributed by atoms with Crippen molar-refractivity contribution < 1.29 is 9.47 Å². The molecule has 2 saturated heterocycles. The largest absolute Gasteiger partial charge is 0.379 e. The molecule has 2 aliphatic heterocycles. The maximum Gasteiger partial charge on any atom is 0.0826 e. The maximum atomic E-state index is 5.78. The molecule has 0 aromatic heterocycles. The zero-order valence-electron chi connectivity index (χ0n) is 12.3. The molecule has 0 aromatic carbocycles. The molecule has 0 aliphatic carbocycles. The van der Waals surface area contributed by atoms with Gasteiger partial charge in [0.15, 0.2) is 0 Å². The number of hydrogen-bond acceptors (Lipinski definition) is 5. The van der Waals surface area contributed by atoms with Crippen molar-refractivity contribution in [1.29, 1.82) is 0 Å². The molecule has 2 heterocycles. The third-order valence-corrected chi connectivity index (χ3v) is 3.97. The molecule has 0 amide bonds. The number of rotatable bonds is 7. The number of ether oxygens (including phenoxy) is 2. The van der Waals surface area contributed by atoms with Gasteiger partial charge in [0, 0.05) is 32.7 Å². The van der Waals surface area contributed by atoms with Crippen LogP contribution in [-0.2, 0) is 9.47 Å². The summed E-state index contributed by atoms with van der Waals surface area (Å²) in [5.41, 5.74) is 0. The van der Waals surface area contributed by atoms with E-state index in [0.717, 1.165) is 65.6 Å². The van der Waals surface area contributed by atoms with Crippen molar-refractivity contribution >= 4 is 0 Å². The summed E-state index contributed by atoms with van der Waals surface area (Å²) >= 11 is 0. The molecule has 0 spiro atoms. The van der Waals surface area contributed by atoms with Gasteiger partial charge < -0.3 is 14.8 Å². The van der Waals surface area contributed by atoms with Crippen LogP contribution < -0.4 is 5.32 Å². The second kappa shape index (κ2) is 8.87. The summed E-state index contributed by atoms with van der Waals surface area (Å²) in [7, 11) is 0. The van der Waals surface area contributed by atoms with Crippen molar-refractivity contribution in [3.63, 3.8) is 0 Å². The fourth-order valence-electron chi connectivity index (χ4n) is 2.71. The van der Waals surface area contributed by atoms with E-state index in [9.17, 15) is 0 Å². The number of likely N-dealkylation sites (N-methyl/N-ethyl adjacent to an activating group) is 1. The number of nitrogens with one attached hydrogen (secondary N) is 1. The molecule has 1 atom stereocenters. The average molecular weight is 271 g/mol. The van der Waals surface area contributed by atoms with Gasteiger partial charge in [-0.05, 0) is 26.1 Å². The van der Waals surface area contributed by atoms with Gasteiger partial charge in [-0.1, -0.05) is 6.92 Å². The van der Waals surface area contributed by atoms with E-state index in [2.05, 4.69) is 22.0 Å². The summed E-state index contributed by atoms with van der Waals surface area (Å²) < 4.78 is 11.1. The van der Waals surface area contributed by atoms with E-state index in [1.54, 1.807) is 0 Å². The number of nitrogens with zero attached hydrogens (tertiary/aromatic N) is 2. The highest BCUT2D eigenvalue weighted by Crippen LogP contribution is 2.03. The highest BCUT2D eigenvalue weighted by Gasteiger charge is 2.18. The lowest BCUT2D eigenvalue weighted by Crippen LogP contribution is -2.46. The van der Waals surface area contributed by atoms with E-state index in [0.29, 0.717) is 6.10 Å². The Hall–Kier alpha value is -0.200. The zero-order valence-corrected chi connectivity index (χ0v) is 12.3. The van der Waals surface area contributed by atoms with Crippen molar-refractivity contribution in [2.75, 3.05) is 72.2 Å². The Morgan fingerprint density at radius 3 is 2.68 bits per heavy atom. The van der Waals surface area contributed by atoms with Crippen LogP contribution in [0.25, 0.3) is 0 Å². The second-order valence-corrected chi connectivity index (χ2v) is 5.40. The fourth-order valence-corrected chi connectivity index (χ4v) is 2.71. The summed E-state index contributed by atoms with van der Waals surface area (Å²) in [6.45, 7) is 13.6. The van der Waals surface area contributed by atoms with Gasteiger partial charge in [0.05, 0.1) is 25.9 Å². The Bertz CT molecular complexity index is 235. The minimum atomic E-state index is 0.372. The normalized spacial score (nSPS) is 26.7. The lowest BCUT2D eigenvalue weighted by Gasteiger charge is -2.32. The lowest BCUT2D eigenvalue weighted by atomic mass is 10.2. The average Bonchev–Trinajstić information content (AvgIpc) is 2.48. The van der Waals surface area contributed by atoms with Gasteiger partial charge in [-0.25, -0.2) is 0 Å². The van der Waals surface area contributed by atoms with Gasteiger partial charge in [0.1, 0.15) is 0 Å². The highest BCUT2D eigenvalue weighted by molar-refractivity contribution is 4.72. The first-order chi connectivity index (χ1) is 9.38. The van der Waals surface area contributed by atoms with Crippen LogP contribution in [0.15, 0.2) is 0 Å². The summed E-state index contributed by atoms with van der Waals surface area (Å²) in [6, 6.07) is 0. The molecule has 0 aromatic rings. The molecule has 2 fully saturated rings. The zero-order chi connectivity index (χ0) is 13.3. The van der Waals surface area contributed by atoms with Crippen LogP contribution in [0.3, 0.4) is 0 Å². The summed E-state index contributed by atoms with van der Waals surface area (Å²) in [4.78, 5) is 4.95. The molecule has 0 bridgehead atoms. The first-order valence-corrected chi connectivity index (χ1v) is 7.73. The van der Waals surface area contributed by atoms with Gasteiger partial charge in [-0.3, -0.25) is 9.80 Å². The van der Waals surface area contributed by atoms with Crippen LogP contribution in [0.4, 0.5) is 0 Å². The van der Waals surface area contributed by atoms with Gasteiger partial charge in [0.2, 0.25) is 0 Å². The molecule has 0 saturated carbocycles. The Kier molecular flexibility index (Phi) is 7.09. The Morgan fingerprint density at radius 2 is 1.89 bits per heavy atom. The smallest absolute Gasteiger partial charge is 0.0826 e. The van der Waals surface area contributed by atoms with Crippen molar-refractivity contribution in [2.45, 2.75) is 19.4 Å². The molecule has 2 aliphatic rings. The van der Waals surface area contributed by atoms with E-state index >= 15 is 0 Å². The molecule has 2 rings (SSSR count). The predicted octanol–water partition coefficient (Wildman–Crippen LogP) is 0.0190. The van der Waals surface area contributed by atoms with Crippen LogP contribution in [0.1, 0.15) is 13.3 Å². The minimum Gasteiger partial charge on any atom is -0.379 e. The van der Waals surface area contributed by atoms with Crippen LogP contribution >= 0.6 is 0 Å². The van der Waals surface area contributed by atoms with E-state index in [-0.39, 0.29) is 0 Å². The van der Waals surface area contributed by atoms with Crippen molar-refractivity contribution in [3.05, 3.63) is 0 Å². The molecule has 1 unspecified atom stereocenters. The quantitative estimate of drug-likeness (QED) is 0.661. The number of morpholine rings is 2. The first kappa shape index (κ1) is 15.2. The van der Waals surface area contributed by atoms with Gasteiger partial charge in [-0.2, -0.15) is 0 Å². The topological polar surface area (TPSA) is 37.0 Å². The Morgan fingerprint density at radius 1 is 1.11 bits per heavy atom. The SMILES string of the molecule is CCN1CCOC(CNCCCN2CCOCC2)C1. The Labute approximate surface area is 117 Å². The van der Waals surface area contributed by atoms with Crippen molar-refractivity contribution in [3.8, 4) is 0 Å². The van der Waals surface area contributed by atoms with Gasteiger partial charge in [0.25, 0.3) is 0 Å². The number of hydrogen-bond donors (Lipinski definition) is 1. The molecule has 0 radical (unpaired) electrons. The third kappa shape index (κ3) is 5.75. The molecule has 5 nitrogen and oxygen atoms in total. The third-order valence-electron chi connectivity index (χ3n) is 3.97. The minimum absolute atomic E-state index is 0.372. The summed E-state index contributed by atoms with van der Waals surface area (Å²) in [5, 5.41) is 3.53. The summed E-state index contributed by atoms with van der Waals surface area (Å²) in [5.74, 6) is 0. The molecule has 112 valence electrons. The van der Waals surface area contributed by atoms with Crippen LogP contribution in [0.2, 0.25) is 0 Å². The maximum absolute atomic E-state index is 5.78. The van der Waals surface area contributed by atoms with E-state index in [1.165, 1.54) is 13.0 Å². The van der Waals surface area contributed by atoms with Gasteiger partial charge >= 0.3 is 0 Å². The van der Waals surface area contributed by atoms with Crippen LogP contribution in [0.5, 0.6) is 0 Å². The lowest BCUT2D eigenvalue weighted by molar-refractivity contribution is -0.0253. The highest BCUT2D eigenvalue weighted by atomic mass is 16.5. The summed E-state index contributed by atoms with van der Waals surface area (Å²) in [6.07, 6.45) is 1.58.